The van der Waals surface area contributed by atoms with E-state index >= 15 is 0 Å². The number of fused-ring (bicyclic) bond motifs is 3. The SMILES string of the molecule is CC#C[C@@]1(O)CC[C@H]2C3CCC(CC)OC3(O)CC[C@@H]21. The van der Waals surface area contributed by atoms with Gasteiger partial charge in [0, 0.05) is 18.3 Å². The van der Waals surface area contributed by atoms with Crippen LogP contribution < -0.4 is 0 Å². The Balaban J connectivity index is 1.82. The molecule has 0 aromatic carbocycles. The van der Waals surface area contributed by atoms with E-state index in [4.69, 9.17) is 4.74 Å². The van der Waals surface area contributed by atoms with Crippen molar-refractivity contribution < 1.29 is 14.9 Å². The molecule has 3 heteroatoms. The zero-order valence-corrected chi connectivity index (χ0v) is 12.6. The number of rotatable bonds is 1. The first-order valence-corrected chi connectivity index (χ1v) is 8.09. The second-order valence-corrected chi connectivity index (χ2v) is 6.82. The van der Waals surface area contributed by atoms with Gasteiger partial charge in [0.25, 0.3) is 0 Å². The van der Waals surface area contributed by atoms with Crippen molar-refractivity contribution in [1.29, 1.82) is 0 Å². The molecule has 3 aliphatic rings. The van der Waals surface area contributed by atoms with Crippen LogP contribution in [0.2, 0.25) is 0 Å². The minimum atomic E-state index is -0.953. The first-order chi connectivity index (χ1) is 9.52. The maximum Gasteiger partial charge on any atom is 0.168 e. The zero-order chi connectivity index (χ0) is 14.4. The summed E-state index contributed by atoms with van der Waals surface area (Å²) in [5.74, 6) is 5.71. The van der Waals surface area contributed by atoms with Gasteiger partial charge in [0.05, 0.1) is 6.10 Å². The molecular formula is C17H26O3. The summed E-state index contributed by atoms with van der Waals surface area (Å²) in [6, 6.07) is 0. The van der Waals surface area contributed by atoms with E-state index in [0.29, 0.717) is 12.3 Å². The average molecular weight is 278 g/mol. The lowest BCUT2D eigenvalue weighted by molar-refractivity contribution is -0.312. The number of ether oxygens (including phenoxy) is 1. The summed E-state index contributed by atoms with van der Waals surface area (Å²) in [6.45, 7) is 3.91. The molecule has 0 aromatic rings. The molecule has 3 nitrogen and oxygen atoms in total. The summed E-state index contributed by atoms with van der Waals surface area (Å²) >= 11 is 0. The maximum absolute atomic E-state index is 10.9. The van der Waals surface area contributed by atoms with Crippen molar-refractivity contribution in [3.63, 3.8) is 0 Å². The molecule has 20 heavy (non-hydrogen) atoms. The fraction of sp³-hybridized carbons (Fsp3) is 0.882. The van der Waals surface area contributed by atoms with Crippen LogP contribution >= 0.6 is 0 Å². The van der Waals surface area contributed by atoms with E-state index < -0.39 is 11.4 Å². The van der Waals surface area contributed by atoms with E-state index in [2.05, 4.69) is 18.8 Å². The van der Waals surface area contributed by atoms with Crippen molar-refractivity contribution in [1.82, 2.24) is 0 Å². The monoisotopic (exact) mass is 278 g/mol. The molecule has 6 atom stereocenters. The van der Waals surface area contributed by atoms with Crippen molar-refractivity contribution >= 4 is 0 Å². The Morgan fingerprint density at radius 3 is 2.60 bits per heavy atom. The molecule has 0 radical (unpaired) electrons. The number of hydrogen-bond acceptors (Lipinski definition) is 3. The molecule has 2 N–H and O–H groups in total. The minimum absolute atomic E-state index is 0.178. The van der Waals surface area contributed by atoms with Gasteiger partial charge < -0.3 is 14.9 Å². The summed E-state index contributed by atoms with van der Waals surface area (Å²) in [7, 11) is 0. The highest BCUT2D eigenvalue weighted by Gasteiger charge is 2.59. The van der Waals surface area contributed by atoms with Crippen LogP contribution in [0.3, 0.4) is 0 Å². The van der Waals surface area contributed by atoms with E-state index in [1.807, 2.05) is 0 Å². The van der Waals surface area contributed by atoms with Crippen LogP contribution in [0.4, 0.5) is 0 Å². The molecule has 1 saturated heterocycles. The predicted octanol–water partition coefficient (Wildman–Crippen LogP) is 2.45. The van der Waals surface area contributed by atoms with E-state index in [-0.39, 0.29) is 17.9 Å². The third-order valence-corrected chi connectivity index (χ3v) is 5.87. The smallest absolute Gasteiger partial charge is 0.168 e. The van der Waals surface area contributed by atoms with Crippen molar-refractivity contribution in [2.75, 3.05) is 0 Å². The van der Waals surface area contributed by atoms with Gasteiger partial charge in [-0.05, 0) is 51.4 Å². The van der Waals surface area contributed by atoms with Gasteiger partial charge in [-0.1, -0.05) is 12.8 Å². The van der Waals surface area contributed by atoms with Crippen LogP contribution in [0.5, 0.6) is 0 Å². The van der Waals surface area contributed by atoms with E-state index in [9.17, 15) is 10.2 Å². The van der Waals surface area contributed by atoms with Gasteiger partial charge in [0.1, 0.15) is 5.60 Å². The van der Waals surface area contributed by atoms with E-state index in [1.165, 1.54) is 0 Å². The summed E-state index contributed by atoms with van der Waals surface area (Å²) in [5.41, 5.74) is -0.831. The lowest BCUT2D eigenvalue weighted by Crippen LogP contribution is -2.55. The molecule has 1 heterocycles. The largest absolute Gasteiger partial charge is 0.377 e. The van der Waals surface area contributed by atoms with Gasteiger partial charge in [-0.25, -0.2) is 0 Å². The Labute approximate surface area is 121 Å². The topological polar surface area (TPSA) is 49.7 Å². The van der Waals surface area contributed by atoms with Crippen LogP contribution in [0, 0.1) is 29.6 Å². The van der Waals surface area contributed by atoms with Crippen molar-refractivity contribution in [2.45, 2.75) is 76.3 Å². The van der Waals surface area contributed by atoms with Gasteiger partial charge >= 0.3 is 0 Å². The molecule has 1 aliphatic heterocycles. The van der Waals surface area contributed by atoms with Gasteiger partial charge in [0.15, 0.2) is 5.79 Å². The number of aliphatic hydroxyl groups is 2. The quantitative estimate of drug-likeness (QED) is 0.724. The normalized spacial score (nSPS) is 50.8. The van der Waals surface area contributed by atoms with Crippen molar-refractivity contribution in [2.24, 2.45) is 17.8 Å². The Kier molecular flexibility index (Phi) is 3.61. The summed E-state index contributed by atoms with van der Waals surface area (Å²) in [4.78, 5) is 0. The number of hydrogen-bond donors (Lipinski definition) is 2. The predicted molar refractivity (Wildman–Crippen MR) is 76.7 cm³/mol. The molecule has 2 aliphatic carbocycles. The fourth-order valence-electron chi connectivity index (χ4n) is 4.90. The summed E-state index contributed by atoms with van der Waals surface area (Å²) in [5, 5.41) is 21.7. The second kappa shape index (κ2) is 5.02. The zero-order valence-electron chi connectivity index (χ0n) is 12.6. The molecule has 2 saturated carbocycles. The molecular weight excluding hydrogens is 252 g/mol. The third-order valence-electron chi connectivity index (χ3n) is 5.87. The highest BCUT2D eigenvalue weighted by atomic mass is 16.6. The Hall–Kier alpha value is -0.560. The fourth-order valence-corrected chi connectivity index (χ4v) is 4.90. The lowest BCUT2D eigenvalue weighted by atomic mass is 9.65. The minimum Gasteiger partial charge on any atom is -0.377 e. The Morgan fingerprint density at radius 2 is 1.90 bits per heavy atom. The molecule has 0 spiro atoms. The van der Waals surface area contributed by atoms with Gasteiger partial charge in [-0.3, -0.25) is 0 Å². The van der Waals surface area contributed by atoms with E-state index in [1.54, 1.807) is 6.92 Å². The third kappa shape index (κ3) is 2.09. The molecule has 3 fully saturated rings. The highest BCUT2D eigenvalue weighted by Crippen LogP contribution is 2.56. The molecule has 3 rings (SSSR count). The summed E-state index contributed by atoms with van der Waals surface area (Å²) < 4.78 is 6.00. The molecule has 0 aromatic heterocycles. The molecule has 0 amide bonds. The van der Waals surface area contributed by atoms with Crippen LogP contribution in [-0.2, 0) is 4.74 Å². The van der Waals surface area contributed by atoms with Gasteiger partial charge in [-0.15, -0.1) is 5.92 Å². The lowest BCUT2D eigenvalue weighted by Gasteiger charge is -2.51. The highest BCUT2D eigenvalue weighted by molar-refractivity contribution is 5.20. The first-order valence-electron chi connectivity index (χ1n) is 8.09. The van der Waals surface area contributed by atoms with Crippen LogP contribution in [-0.4, -0.2) is 27.7 Å². The molecule has 112 valence electrons. The maximum atomic E-state index is 10.9. The van der Waals surface area contributed by atoms with Crippen LogP contribution in [0.25, 0.3) is 0 Å². The molecule has 0 bridgehead atoms. The van der Waals surface area contributed by atoms with Crippen molar-refractivity contribution in [3.05, 3.63) is 0 Å². The first kappa shape index (κ1) is 14.4. The van der Waals surface area contributed by atoms with Gasteiger partial charge in [0.2, 0.25) is 0 Å². The Morgan fingerprint density at radius 1 is 1.10 bits per heavy atom. The van der Waals surface area contributed by atoms with E-state index in [0.717, 1.165) is 38.5 Å². The van der Waals surface area contributed by atoms with Crippen molar-refractivity contribution in [3.8, 4) is 11.8 Å². The second-order valence-electron chi connectivity index (χ2n) is 6.82. The van der Waals surface area contributed by atoms with Crippen LogP contribution in [0.1, 0.15) is 58.8 Å². The van der Waals surface area contributed by atoms with Gasteiger partial charge in [-0.2, -0.15) is 0 Å². The Bertz CT molecular complexity index is 437. The summed E-state index contributed by atoms with van der Waals surface area (Å²) in [6.07, 6.45) is 6.38. The van der Waals surface area contributed by atoms with Crippen LogP contribution in [0.15, 0.2) is 0 Å². The standard InChI is InChI=1S/C17H26O3/c1-3-9-16(18)10-7-13-14(16)8-11-17(19)15(13)6-5-12(4-2)20-17/h12-15,18-19H,4-8,10-11H2,1-2H3/t12?,13-,14+,15?,16-,17?/m1/s1. The molecule has 3 unspecified atom stereocenters. The average Bonchev–Trinajstić information content (AvgIpc) is 2.75.